The lowest BCUT2D eigenvalue weighted by Crippen LogP contribution is -2.33. The van der Waals surface area contributed by atoms with Gasteiger partial charge in [0.15, 0.2) is 5.65 Å². The maximum Gasteiger partial charge on any atom is 0.270 e. The number of carbonyl (C=O) groups excluding carboxylic acids is 1. The minimum atomic E-state index is -0.104. The molecule has 3 heterocycles. The average Bonchev–Trinajstić information content (AvgIpc) is 3.25. The third kappa shape index (κ3) is 2.75. The van der Waals surface area contributed by atoms with E-state index in [0.29, 0.717) is 11.3 Å². The number of hydrogen-bond donors (Lipinski definition) is 1. The van der Waals surface area contributed by atoms with Crippen molar-refractivity contribution in [2.24, 2.45) is 0 Å². The maximum absolute atomic E-state index is 12.5. The highest BCUT2D eigenvalue weighted by Gasteiger charge is 2.20. The van der Waals surface area contributed by atoms with Gasteiger partial charge in [-0.1, -0.05) is 18.9 Å². The highest BCUT2D eigenvalue weighted by atomic mass is 16.1. The monoisotopic (exact) mass is 321 g/mol. The van der Waals surface area contributed by atoms with Gasteiger partial charge in [-0.3, -0.25) is 9.78 Å². The van der Waals surface area contributed by atoms with Crippen LogP contribution in [-0.2, 0) is 0 Å². The molecule has 1 saturated carbocycles. The summed E-state index contributed by atoms with van der Waals surface area (Å²) in [6, 6.07) is 9.63. The van der Waals surface area contributed by atoms with E-state index in [0.717, 1.165) is 29.9 Å². The van der Waals surface area contributed by atoms with E-state index < -0.39 is 0 Å². The molecule has 0 atom stereocenters. The van der Waals surface area contributed by atoms with Gasteiger partial charge in [-0.25, -0.2) is 9.50 Å². The Hall–Kier alpha value is -2.76. The molecule has 3 aromatic rings. The van der Waals surface area contributed by atoms with E-state index in [1.165, 1.54) is 12.8 Å². The van der Waals surface area contributed by atoms with Crippen molar-refractivity contribution in [1.82, 2.24) is 24.9 Å². The zero-order valence-electron chi connectivity index (χ0n) is 13.6. The summed E-state index contributed by atoms with van der Waals surface area (Å²) in [6.45, 7) is 1.93. The lowest BCUT2D eigenvalue weighted by atomic mass is 10.2. The third-order valence-corrected chi connectivity index (χ3v) is 4.46. The summed E-state index contributed by atoms with van der Waals surface area (Å²) in [5.41, 5.74) is 3.52. The molecular weight excluding hydrogens is 302 g/mol. The SMILES string of the molecule is Cc1cc(C(=O)NC2CCCC2)nc2cc(-c3ccccn3)nn12. The molecule has 0 radical (unpaired) electrons. The summed E-state index contributed by atoms with van der Waals surface area (Å²) in [5, 5.41) is 7.63. The predicted molar refractivity (Wildman–Crippen MR) is 90.7 cm³/mol. The molecule has 6 nitrogen and oxygen atoms in total. The zero-order valence-corrected chi connectivity index (χ0v) is 13.6. The topological polar surface area (TPSA) is 72.2 Å². The quantitative estimate of drug-likeness (QED) is 0.805. The van der Waals surface area contributed by atoms with Crippen LogP contribution in [0.25, 0.3) is 17.0 Å². The Labute approximate surface area is 139 Å². The fourth-order valence-electron chi connectivity index (χ4n) is 3.21. The van der Waals surface area contributed by atoms with Crippen LogP contribution >= 0.6 is 0 Å². The molecule has 122 valence electrons. The molecule has 4 rings (SSSR count). The minimum Gasteiger partial charge on any atom is -0.348 e. The van der Waals surface area contributed by atoms with Crippen LogP contribution in [-0.4, -0.2) is 31.5 Å². The molecule has 6 heteroatoms. The Balaban J connectivity index is 1.67. The fourth-order valence-corrected chi connectivity index (χ4v) is 3.21. The average molecular weight is 321 g/mol. The van der Waals surface area contributed by atoms with Crippen molar-refractivity contribution in [3.8, 4) is 11.4 Å². The van der Waals surface area contributed by atoms with E-state index in [1.807, 2.05) is 31.2 Å². The van der Waals surface area contributed by atoms with Gasteiger partial charge in [-0.15, -0.1) is 0 Å². The molecule has 0 bridgehead atoms. The molecule has 0 aliphatic heterocycles. The number of aromatic nitrogens is 4. The largest absolute Gasteiger partial charge is 0.348 e. The number of pyridine rings is 1. The predicted octanol–water partition coefficient (Wildman–Crippen LogP) is 2.77. The molecule has 0 spiro atoms. The summed E-state index contributed by atoms with van der Waals surface area (Å²) < 4.78 is 1.75. The first-order valence-corrected chi connectivity index (χ1v) is 8.30. The standard InChI is InChI=1S/C18H19N5O/c1-12-10-16(18(24)20-13-6-2-3-7-13)21-17-11-15(22-23(12)17)14-8-4-5-9-19-14/h4-5,8-11,13H,2-3,6-7H2,1H3,(H,20,24). The van der Waals surface area contributed by atoms with Gasteiger partial charge in [0.2, 0.25) is 0 Å². The van der Waals surface area contributed by atoms with Crippen molar-refractivity contribution >= 4 is 11.6 Å². The van der Waals surface area contributed by atoms with Crippen molar-refractivity contribution in [1.29, 1.82) is 0 Å². The molecule has 3 aromatic heterocycles. The normalized spacial score (nSPS) is 15.0. The van der Waals surface area contributed by atoms with Crippen LogP contribution in [0.1, 0.15) is 41.9 Å². The Morgan fingerprint density at radius 3 is 2.79 bits per heavy atom. The van der Waals surface area contributed by atoms with Gasteiger partial charge in [0.1, 0.15) is 11.4 Å². The van der Waals surface area contributed by atoms with Crippen molar-refractivity contribution < 1.29 is 4.79 Å². The van der Waals surface area contributed by atoms with Crippen LogP contribution in [0.15, 0.2) is 36.5 Å². The first-order valence-electron chi connectivity index (χ1n) is 8.30. The van der Waals surface area contributed by atoms with Crippen LogP contribution in [0.2, 0.25) is 0 Å². The van der Waals surface area contributed by atoms with Crippen molar-refractivity contribution in [2.75, 3.05) is 0 Å². The van der Waals surface area contributed by atoms with E-state index in [1.54, 1.807) is 16.8 Å². The Kier molecular flexibility index (Phi) is 3.72. The molecule has 0 saturated heterocycles. The number of nitrogens with one attached hydrogen (secondary N) is 1. The Morgan fingerprint density at radius 2 is 2.04 bits per heavy atom. The zero-order chi connectivity index (χ0) is 16.5. The molecule has 1 aliphatic rings. The van der Waals surface area contributed by atoms with E-state index in [4.69, 9.17) is 0 Å². The summed E-state index contributed by atoms with van der Waals surface area (Å²) >= 11 is 0. The molecule has 0 unspecified atom stereocenters. The highest BCUT2D eigenvalue weighted by molar-refractivity contribution is 5.93. The number of amides is 1. The molecule has 24 heavy (non-hydrogen) atoms. The van der Waals surface area contributed by atoms with E-state index >= 15 is 0 Å². The van der Waals surface area contributed by atoms with Gasteiger partial charge in [-0.05, 0) is 38.0 Å². The van der Waals surface area contributed by atoms with Gasteiger partial charge in [0, 0.05) is 24.0 Å². The molecule has 1 N–H and O–H groups in total. The fraction of sp³-hybridized carbons (Fsp3) is 0.333. The van der Waals surface area contributed by atoms with Crippen molar-refractivity contribution in [3.63, 3.8) is 0 Å². The van der Waals surface area contributed by atoms with Gasteiger partial charge in [-0.2, -0.15) is 5.10 Å². The highest BCUT2D eigenvalue weighted by Crippen LogP contribution is 2.20. The smallest absolute Gasteiger partial charge is 0.270 e. The second-order valence-corrected chi connectivity index (χ2v) is 6.25. The Morgan fingerprint density at radius 1 is 1.21 bits per heavy atom. The van der Waals surface area contributed by atoms with Crippen LogP contribution in [0.5, 0.6) is 0 Å². The number of rotatable bonds is 3. The summed E-state index contributed by atoms with van der Waals surface area (Å²) in [7, 11) is 0. The number of nitrogens with zero attached hydrogens (tertiary/aromatic N) is 4. The summed E-state index contributed by atoms with van der Waals surface area (Å²) in [4.78, 5) is 21.3. The Bertz CT molecular complexity index is 881. The maximum atomic E-state index is 12.5. The van der Waals surface area contributed by atoms with E-state index in [9.17, 15) is 4.79 Å². The lowest BCUT2D eigenvalue weighted by Gasteiger charge is -2.11. The van der Waals surface area contributed by atoms with Crippen molar-refractivity contribution in [3.05, 3.63) is 47.9 Å². The van der Waals surface area contributed by atoms with Crippen LogP contribution in [0.3, 0.4) is 0 Å². The van der Waals surface area contributed by atoms with Crippen LogP contribution in [0.4, 0.5) is 0 Å². The summed E-state index contributed by atoms with van der Waals surface area (Å²) in [5.74, 6) is -0.104. The van der Waals surface area contributed by atoms with E-state index in [-0.39, 0.29) is 11.9 Å². The molecule has 1 amide bonds. The van der Waals surface area contributed by atoms with Crippen LogP contribution in [0, 0.1) is 6.92 Å². The molecular formula is C18H19N5O. The molecule has 1 aliphatic carbocycles. The lowest BCUT2D eigenvalue weighted by molar-refractivity contribution is 0.0933. The summed E-state index contributed by atoms with van der Waals surface area (Å²) in [6.07, 6.45) is 6.23. The van der Waals surface area contributed by atoms with Crippen LogP contribution < -0.4 is 5.32 Å². The molecule has 0 aromatic carbocycles. The number of fused-ring (bicyclic) bond motifs is 1. The number of hydrogen-bond acceptors (Lipinski definition) is 4. The van der Waals surface area contributed by atoms with Gasteiger partial charge in [0.05, 0.1) is 5.69 Å². The molecule has 1 fully saturated rings. The minimum absolute atomic E-state index is 0.104. The second-order valence-electron chi connectivity index (χ2n) is 6.25. The number of carbonyl (C=O) groups is 1. The van der Waals surface area contributed by atoms with Gasteiger partial charge >= 0.3 is 0 Å². The first-order chi connectivity index (χ1) is 11.7. The number of aryl methyl sites for hydroxylation is 1. The van der Waals surface area contributed by atoms with Gasteiger partial charge < -0.3 is 5.32 Å². The van der Waals surface area contributed by atoms with Gasteiger partial charge in [0.25, 0.3) is 5.91 Å². The first kappa shape index (κ1) is 14.8. The van der Waals surface area contributed by atoms with Crippen molar-refractivity contribution in [2.45, 2.75) is 38.6 Å². The van der Waals surface area contributed by atoms with E-state index in [2.05, 4.69) is 20.4 Å². The second kappa shape index (κ2) is 6.03. The third-order valence-electron chi connectivity index (χ3n) is 4.46.